The molecule has 4 rings (SSSR count). The molecule has 1 aliphatic heterocycles. The summed E-state index contributed by atoms with van der Waals surface area (Å²) in [6.45, 7) is 1.70. The van der Waals surface area contributed by atoms with Crippen LogP contribution in [-0.2, 0) is 13.0 Å². The van der Waals surface area contributed by atoms with Crippen molar-refractivity contribution in [3.8, 4) is 11.5 Å². The molecule has 0 radical (unpaired) electrons. The number of ketones is 1. The van der Waals surface area contributed by atoms with Crippen molar-refractivity contribution in [2.45, 2.75) is 13.0 Å². The van der Waals surface area contributed by atoms with Gasteiger partial charge in [0.15, 0.2) is 17.3 Å². The second-order valence-corrected chi connectivity index (χ2v) is 6.97. The van der Waals surface area contributed by atoms with Gasteiger partial charge in [0.1, 0.15) is 0 Å². The Morgan fingerprint density at radius 3 is 2.50 bits per heavy atom. The Balaban J connectivity index is 1.48. The number of Topliss-reactive ketones (excluding diaryl/α,β-unsaturated/α-hetero) is 1. The molecule has 0 N–H and O–H groups in total. The monoisotopic (exact) mass is 373 g/mol. The fourth-order valence-corrected chi connectivity index (χ4v) is 3.64. The SMILES string of the molecule is COc1cc2c(cc1OC)C(=O)/C(=C/C1=CCN(Cc3ccccc3)C=C1)C2. The Hall–Kier alpha value is -3.27. The summed E-state index contributed by atoms with van der Waals surface area (Å²) in [6, 6.07) is 14.1. The first-order chi connectivity index (χ1) is 13.7. The second-order valence-electron chi connectivity index (χ2n) is 6.97. The normalized spacial score (nSPS) is 16.9. The van der Waals surface area contributed by atoms with Gasteiger partial charge in [0.2, 0.25) is 0 Å². The van der Waals surface area contributed by atoms with E-state index in [1.165, 1.54) is 5.56 Å². The maximum Gasteiger partial charge on any atom is 0.189 e. The Morgan fingerprint density at radius 2 is 1.82 bits per heavy atom. The first-order valence-electron chi connectivity index (χ1n) is 9.34. The Morgan fingerprint density at radius 1 is 1.07 bits per heavy atom. The van der Waals surface area contributed by atoms with Crippen molar-refractivity contribution in [1.29, 1.82) is 0 Å². The molecule has 0 aromatic heterocycles. The molecule has 0 saturated heterocycles. The summed E-state index contributed by atoms with van der Waals surface area (Å²) >= 11 is 0. The van der Waals surface area contributed by atoms with Crippen LogP contribution in [0.2, 0.25) is 0 Å². The van der Waals surface area contributed by atoms with E-state index >= 15 is 0 Å². The van der Waals surface area contributed by atoms with E-state index in [-0.39, 0.29) is 5.78 Å². The highest BCUT2D eigenvalue weighted by Crippen LogP contribution is 2.36. The molecule has 4 nitrogen and oxygen atoms in total. The molecular formula is C24H23NO3. The molecule has 0 amide bonds. The molecule has 0 saturated carbocycles. The molecule has 0 unspecified atom stereocenters. The minimum Gasteiger partial charge on any atom is -0.493 e. The molecule has 2 aliphatic rings. The van der Waals surface area contributed by atoms with Crippen molar-refractivity contribution in [3.05, 3.63) is 94.7 Å². The standard InChI is InChI=1S/C24H23NO3/c1-27-22-14-19-13-20(24(26)21(19)15-23(22)28-2)12-17-8-10-25(11-9-17)16-18-6-4-3-5-7-18/h3-10,12,14-15H,11,13,16H2,1-2H3/b20-12+. The van der Waals surface area contributed by atoms with Crippen LogP contribution >= 0.6 is 0 Å². The van der Waals surface area contributed by atoms with Gasteiger partial charge < -0.3 is 14.4 Å². The summed E-state index contributed by atoms with van der Waals surface area (Å²) in [5.74, 6) is 1.31. The Labute approximate surface area is 165 Å². The van der Waals surface area contributed by atoms with Gasteiger partial charge in [-0.05, 0) is 41.0 Å². The van der Waals surface area contributed by atoms with E-state index in [0.29, 0.717) is 23.5 Å². The topological polar surface area (TPSA) is 38.8 Å². The van der Waals surface area contributed by atoms with Crippen LogP contribution in [0.4, 0.5) is 0 Å². The van der Waals surface area contributed by atoms with Crippen LogP contribution in [0.15, 0.2) is 78.0 Å². The van der Waals surface area contributed by atoms with Crippen molar-refractivity contribution < 1.29 is 14.3 Å². The number of methoxy groups -OCH3 is 2. The van der Waals surface area contributed by atoms with E-state index in [4.69, 9.17) is 9.47 Å². The van der Waals surface area contributed by atoms with Gasteiger partial charge in [-0.15, -0.1) is 0 Å². The molecule has 0 bridgehead atoms. The quantitative estimate of drug-likeness (QED) is 0.732. The van der Waals surface area contributed by atoms with Gasteiger partial charge in [-0.1, -0.05) is 36.4 Å². The van der Waals surface area contributed by atoms with Crippen molar-refractivity contribution in [1.82, 2.24) is 4.90 Å². The fourth-order valence-electron chi connectivity index (χ4n) is 3.64. The number of carbonyl (C=O) groups excluding carboxylic acids is 1. The largest absolute Gasteiger partial charge is 0.493 e. The lowest BCUT2D eigenvalue weighted by Gasteiger charge is -2.22. The number of allylic oxidation sites excluding steroid dienone is 4. The van der Waals surface area contributed by atoms with Gasteiger partial charge >= 0.3 is 0 Å². The van der Waals surface area contributed by atoms with Crippen molar-refractivity contribution >= 4 is 5.78 Å². The van der Waals surface area contributed by atoms with Gasteiger partial charge in [-0.25, -0.2) is 0 Å². The zero-order chi connectivity index (χ0) is 19.5. The number of nitrogens with zero attached hydrogens (tertiary/aromatic N) is 1. The summed E-state index contributed by atoms with van der Waals surface area (Å²) in [6.07, 6.45) is 8.94. The van der Waals surface area contributed by atoms with E-state index in [0.717, 1.165) is 29.8 Å². The fraction of sp³-hybridized carbons (Fsp3) is 0.208. The van der Waals surface area contributed by atoms with E-state index < -0.39 is 0 Å². The van der Waals surface area contributed by atoms with Crippen LogP contribution < -0.4 is 9.47 Å². The lowest BCUT2D eigenvalue weighted by Crippen LogP contribution is -2.19. The second kappa shape index (κ2) is 7.77. The Bertz CT molecular complexity index is 986. The van der Waals surface area contributed by atoms with E-state index in [1.54, 1.807) is 20.3 Å². The van der Waals surface area contributed by atoms with Crippen molar-refractivity contribution in [3.63, 3.8) is 0 Å². The number of hydrogen-bond acceptors (Lipinski definition) is 4. The van der Waals surface area contributed by atoms with Gasteiger partial charge in [0.25, 0.3) is 0 Å². The summed E-state index contributed by atoms with van der Waals surface area (Å²) in [4.78, 5) is 15.1. The summed E-state index contributed by atoms with van der Waals surface area (Å²) < 4.78 is 10.7. The first kappa shape index (κ1) is 18.1. The van der Waals surface area contributed by atoms with Gasteiger partial charge in [0, 0.05) is 36.8 Å². The summed E-state index contributed by atoms with van der Waals surface area (Å²) in [5.41, 5.74) is 4.85. The predicted molar refractivity (Wildman–Crippen MR) is 110 cm³/mol. The highest BCUT2D eigenvalue weighted by Gasteiger charge is 2.27. The maximum atomic E-state index is 12.8. The number of carbonyl (C=O) groups is 1. The van der Waals surface area contributed by atoms with Crippen LogP contribution in [-0.4, -0.2) is 31.4 Å². The molecular weight excluding hydrogens is 350 g/mol. The highest BCUT2D eigenvalue weighted by molar-refractivity contribution is 6.13. The van der Waals surface area contributed by atoms with Crippen molar-refractivity contribution in [2.75, 3.05) is 20.8 Å². The molecule has 2 aromatic rings. The highest BCUT2D eigenvalue weighted by atomic mass is 16.5. The van der Waals surface area contributed by atoms with Gasteiger partial charge in [0.05, 0.1) is 14.2 Å². The molecule has 2 aromatic carbocycles. The van der Waals surface area contributed by atoms with Crippen molar-refractivity contribution in [2.24, 2.45) is 0 Å². The van der Waals surface area contributed by atoms with E-state index in [1.807, 2.05) is 18.2 Å². The minimum absolute atomic E-state index is 0.0666. The Kier molecular flexibility index (Phi) is 5.02. The van der Waals surface area contributed by atoms with Gasteiger partial charge in [-0.3, -0.25) is 4.79 Å². The number of ether oxygens (including phenoxy) is 2. The zero-order valence-electron chi connectivity index (χ0n) is 16.1. The average Bonchev–Trinajstić information content (AvgIpc) is 3.03. The molecule has 0 fully saturated rings. The molecule has 28 heavy (non-hydrogen) atoms. The molecule has 142 valence electrons. The molecule has 0 atom stereocenters. The lowest BCUT2D eigenvalue weighted by atomic mass is 10.1. The molecule has 0 spiro atoms. The van der Waals surface area contributed by atoms with Crippen LogP contribution in [0.25, 0.3) is 0 Å². The smallest absolute Gasteiger partial charge is 0.189 e. The third-order valence-electron chi connectivity index (χ3n) is 5.14. The number of fused-ring (bicyclic) bond motifs is 1. The summed E-state index contributed by atoms with van der Waals surface area (Å²) in [5, 5.41) is 0. The molecule has 4 heteroatoms. The first-order valence-corrected chi connectivity index (χ1v) is 9.34. The minimum atomic E-state index is 0.0666. The number of benzene rings is 2. The average molecular weight is 373 g/mol. The van der Waals surface area contributed by atoms with Crippen LogP contribution in [0.5, 0.6) is 11.5 Å². The van der Waals surface area contributed by atoms with Crippen LogP contribution in [0.3, 0.4) is 0 Å². The lowest BCUT2D eigenvalue weighted by molar-refractivity contribution is 0.103. The van der Waals surface area contributed by atoms with Crippen LogP contribution in [0.1, 0.15) is 21.5 Å². The molecule has 1 heterocycles. The number of rotatable bonds is 5. The van der Waals surface area contributed by atoms with E-state index in [9.17, 15) is 4.79 Å². The van der Waals surface area contributed by atoms with Gasteiger partial charge in [-0.2, -0.15) is 0 Å². The number of hydrogen-bond donors (Lipinski definition) is 0. The summed E-state index contributed by atoms with van der Waals surface area (Å²) in [7, 11) is 3.19. The third-order valence-corrected chi connectivity index (χ3v) is 5.14. The van der Waals surface area contributed by atoms with Crippen LogP contribution in [0, 0.1) is 0 Å². The predicted octanol–water partition coefficient (Wildman–Crippen LogP) is 4.32. The maximum absolute atomic E-state index is 12.8. The zero-order valence-corrected chi connectivity index (χ0v) is 16.1. The van der Waals surface area contributed by atoms with E-state index in [2.05, 4.69) is 47.5 Å². The third kappa shape index (κ3) is 3.58. The molecule has 1 aliphatic carbocycles.